The molecule has 3 aromatic carbocycles. The first-order valence-corrected chi connectivity index (χ1v) is 13.8. The number of nitrogens with zero attached hydrogens (tertiary/aromatic N) is 1. The molecule has 0 amide bonds. The Morgan fingerprint density at radius 3 is 2.34 bits per heavy atom. The van der Waals surface area contributed by atoms with Crippen LogP contribution < -0.4 is 13.8 Å². The van der Waals surface area contributed by atoms with Crippen molar-refractivity contribution in [2.75, 3.05) is 23.7 Å². The number of carbonyl (C=O) groups is 1. The van der Waals surface area contributed by atoms with Crippen LogP contribution in [0.1, 0.15) is 24.2 Å². The second-order valence-corrected chi connectivity index (χ2v) is 11.0. The fourth-order valence-electron chi connectivity index (χ4n) is 3.96. The number of hydrogen-bond acceptors (Lipinski definition) is 7. The second-order valence-electron chi connectivity index (χ2n) is 8.71. The molecule has 9 nitrogen and oxygen atoms in total. The zero-order chi connectivity index (χ0) is 27.6. The first-order valence-electron chi connectivity index (χ1n) is 11.6. The van der Waals surface area contributed by atoms with Gasteiger partial charge in [0.2, 0.25) is 10.0 Å². The molecule has 0 saturated heterocycles. The number of fused-ring (bicyclic) bond motifs is 1. The Bertz CT molecular complexity index is 1580. The first-order chi connectivity index (χ1) is 18.0. The third-order valence-corrected chi connectivity index (χ3v) is 6.99. The standard InChI is InChI=1S/C27H26ClNO8S/c1-16(2)35-24-14-19-23(15-21(24)29(12-13-30)38(3,33)34)37-26(25(19)27(31)32)17-8-10-18(11-9-17)36-22-7-5-4-6-20(22)28/h4-11,14-16,30H,12-13H2,1-3H3,(H,31,32). The van der Waals surface area contributed by atoms with Gasteiger partial charge in [-0.2, -0.15) is 0 Å². The number of carboxylic acid groups (broad SMARTS) is 1. The van der Waals surface area contributed by atoms with E-state index in [0.29, 0.717) is 22.1 Å². The van der Waals surface area contributed by atoms with Gasteiger partial charge < -0.3 is 24.1 Å². The number of para-hydroxylation sites is 1. The van der Waals surface area contributed by atoms with E-state index in [9.17, 15) is 23.4 Å². The fourth-order valence-corrected chi connectivity index (χ4v) is 5.04. The lowest BCUT2D eigenvalue weighted by molar-refractivity contribution is 0.0699. The molecule has 4 aromatic rings. The van der Waals surface area contributed by atoms with E-state index in [1.165, 1.54) is 12.1 Å². The second kappa shape index (κ2) is 10.9. The summed E-state index contributed by atoms with van der Waals surface area (Å²) in [6, 6.07) is 16.5. The molecule has 4 rings (SSSR count). The monoisotopic (exact) mass is 559 g/mol. The van der Waals surface area contributed by atoms with E-state index in [4.69, 9.17) is 25.5 Å². The predicted octanol–water partition coefficient (Wildman–Crippen LogP) is 5.79. The SMILES string of the molecule is CC(C)Oc1cc2c(C(=O)O)c(-c3ccc(Oc4ccccc4Cl)cc3)oc2cc1N(CCO)S(C)(=O)=O. The summed E-state index contributed by atoms with van der Waals surface area (Å²) < 4.78 is 43.6. The van der Waals surface area contributed by atoms with E-state index in [-0.39, 0.29) is 46.4 Å². The number of rotatable bonds is 10. The van der Waals surface area contributed by atoms with E-state index in [0.717, 1.165) is 10.6 Å². The fraction of sp³-hybridized carbons (Fsp3) is 0.222. The van der Waals surface area contributed by atoms with Crippen LogP contribution in [0.2, 0.25) is 5.02 Å². The number of carboxylic acids is 1. The molecule has 0 aliphatic carbocycles. The quantitative estimate of drug-likeness (QED) is 0.250. The summed E-state index contributed by atoms with van der Waals surface area (Å²) in [4.78, 5) is 12.4. The topological polar surface area (TPSA) is 127 Å². The Labute approximate surface area is 224 Å². The molecule has 0 atom stereocenters. The van der Waals surface area contributed by atoms with Crippen LogP contribution in [0.15, 0.2) is 65.1 Å². The Morgan fingerprint density at radius 2 is 1.76 bits per heavy atom. The third kappa shape index (κ3) is 5.72. The van der Waals surface area contributed by atoms with Crippen molar-refractivity contribution in [3.8, 4) is 28.6 Å². The molecule has 0 fully saturated rings. The molecule has 0 spiro atoms. The summed E-state index contributed by atoms with van der Waals surface area (Å²) in [5, 5.41) is 20.2. The predicted molar refractivity (Wildman–Crippen MR) is 145 cm³/mol. The van der Waals surface area contributed by atoms with Crippen LogP contribution in [-0.2, 0) is 10.0 Å². The zero-order valence-corrected chi connectivity index (χ0v) is 22.4. The summed E-state index contributed by atoms with van der Waals surface area (Å²) >= 11 is 6.16. The lowest BCUT2D eigenvalue weighted by Crippen LogP contribution is -2.33. The van der Waals surface area contributed by atoms with Crippen LogP contribution in [0.25, 0.3) is 22.3 Å². The van der Waals surface area contributed by atoms with Crippen LogP contribution in [0.4, 0.5) is 5.69 Å². The van der Waals surface area contributed by atoms with Gasteiger partial charge in [0.05, 0.1) is 36.2 Å². The Morgan fingerprint density at radius 1 is 1.08 bits per heavy atom. The Hall–Kier alpha value is -3.73. The highest BCUT2D eigenvalue weighted by Gasteiger charge is 2.27. The van der Waals surface area contributed by atoms with Gasteiger partial charge in [-0.3, -0.25) is 4.31 Å². The highest BCUT2D eigenvalue weighted by Crippen LogP contribution is 2.42. The minimum atomic E-state index is -3.80. The summed E-state index contributed by atoms with van der Waals surface area (Å²) in [5.41, 5.74) is 0.635. The molecule has 2 N–H and O–H groups in total. The lowest BCUT2D eigenvalue weighted by atomic mass is 10.0. The van der Waals surface area contributed by atoms with Gasteiger partial charge in [0.1, 0.15) is 34.2 Å². The van der Waals surface area contributed by atoms with Gasteiger partial charge in [0.15, 0.2) is 0 Å². The third-order valence-electron chi connectivity index (χ3n) is 5.50. The van der Waals surface area contributed by atoms with Crippen LogP contribution in [0.3, 0.4) is 0 Å². The first kappa shape index (κ1) is 27.3. The number of aliphatic hydroxyl groups is 1. The van der Waals surface area contributed by atoms with E-state index >= 15 is 0 Å². The molecule has 1 aromatic heterocycles. The number of halogens is 1. The van der Waals surface area contributed by atoms with E-state index < -0.39 is 22.6 Å². The van der Waals surface area contributed by atoms with Crippen molar-refractivity contribution >= 4 is 44.3 Å². The molecule has 38 heavy (non-hydrogen) atoms. The molecule has 1 heterocycles. The number of hydrogen-bond donors (Lipinski definition) is 2. The van der Waals surface area contributed by atoms with Crippen LogP contribution in [0.5, 0.6) is 17.2 Å². The van der Waals surface area contributed by atoms with Gasteiger partial charge in [0, 0.05) is 17.0 Å². The average Bonchev–Trinajstić information content (AvgIpc) is 3.21. The zero-order valence-electron chi connectivity index (χ0n) is 20.8. The van der Waals surface area contributed by atoms with E-state index in [1.807, 2.05) is 0 Å². The minimum Gasteiger partial charge on any atom is -0.489 e. The molecule has 0 saturated carbocycles. The highest BCUT2D eigenvalue weighted by atomic mass is 35.5. The van der Waals surface area contributed by atoms with Gasteiger partial charge in [-0.05, 0) is 56.3 Å². The maximum atomic E-state index is 12.5. The average molecular weight is 560 g/mol. The highest BCUT2D eigenvalue weighted by molar-refractivity contribution is 7.92. The van der Waals surface area contributed by atoms with Gasteiger partial charge in [0.25, 0.3) is 0 Å². The number of furan rings is 1. The maximum absolute atomic E-state index is 12.5. The maximum Gasteiger partial charge on any atom is 0.340 e. The Kier molecular flexibility index (Phi) is 7.86. The van der Waals surface area contributed by atoms with E-state index in [1.54, 1.807) is 62.4 Å². The summed E-state index contributed by atoms with van der Waals surface area (Å²) in [6.45, 7) is 2.87. The van der Waals surface area contributed by atoms with Gasteiger partial charge in [-0.1, -0.05) is 23.7 Å². The molecule has 200 valence electrons. The summed E-state index contributed by atoms with van der Waals surface area (Å²) in [7, 11) is -3.80. The van der Waals surface area contributed by atoms with Crippen LogP contribution in [-0.4, -0.2) is 50.1 Å². The molecule has 0 aliphatic rings. The number of ether oxygens (including phenoxy) is 2. The molecule has 0 aliphatic heterocycles. The van der Waals surface area contributed by atoms with Crippen molar-refractivity contribution in [1.82, 2.24) is 0 Å². The normalized spacial score (nSPS) is 11.6. The number of anilines is 1. The van der Waals surface area contributed by atoms with Crippen molar-refractivity contribution in [3.05, 3.63) is 71.2 Å². The van der Waals surface area contributed by atoms with Crippen molar-refractivity contribution in [2.24, 2.45) is 0 Å². The smallest absolute Gasteiger partial charge is 0.340 e. The number of sulfonamides is 1. The molecule has 0 bridgehead atoms. The number of aliphatic hydroxyl groups excluding tert-OH is 1. The van der Waals surface area contributed by atoms with Gasteiger partial charge in [-0.15, -0.1) is 0 Å². The number of benzene rings is 3. The van der Waals surface area contributed by atoms with Crippen LogP contribution >= 0.6 is 11.6 Å². The van der Waals surface area contributed by atoms with Gasteiger partial charge >= 0.3 is 5.97 Å². The van der Waals surface area contributed by atoms with Crippen molar-refractivity contribution < 1.29 is 37.3 Å². The van der Waals surface area contributed by atoms with Crippen LogP contribution in [0, 0.1) is 0 Å². The van der Waals surface area contributed by atoms with Crippen molar-refractivity contribution in [3.63, 3.8) is 0 Å². The minimum absolute atomic E-state index is 0.0810. The molecule has 0 unspecified atom stereocenters. The molecule has 0 radical (unpaired) electrons. The van der Waals surface area contributed by atoms with Crippen molar-refractivity contribution in [1.29, 1.82) is 0 Å². The Balaban J connectivity index is 1.84. The van der Waals surface area contributed by atoms with E-state index in [2.05, 4.69) is 0 Å². The van der Waals surface area contributed by atoms with Gasteiger partial charge in [-0.25, -0.2) is 13.2 Å². The summed E-state index contributed by atoms with van der Waals surface area (Å²) in [5.74, 6) is -0.0473. The number of aromatic carboxylic acids is 1. The van der Waals surface area contributed by atoms with Crippen molar-refractivity contribution in [2.45, 2.75) is 20.0 Å². The lowest BCUT2D eigenvalue weighted by Gasteiger charge is -2.24. The molecule has 11 heteroatoms. The largest absolute Gasteiger partial charge is 0.489 e. The molecular weight excluding hydrogens is 534 g/mol. The summed E-state index contributed by atoms with van der Waals surface area (Å²) in [6.07, 6.45) is 0.668. The molecular formula is C27H26ClNO8S.